The number of carbonyl (C=O) groups excluding carboxylic acids is 2. The van der Waals surface area contributed by atoms with Crippen LogP contribution < -0.4 is 21.6 Å². The van der Waals surface area contributed by atoms with Crippen molar-refractivity contribution < 1.29 is 9.59 Å². The topological polar surface area (TPSA) is 105 Å². The van der Waals surface area contributed by atoms with Crippen LogP contribution in [0.25, 0.3) is 0 Å². The van der Waals surface area contributed by atoms with E-state index in [2.05, 4.69) is 26.9 Å². The highest BCUT2D eigenvalue weighted by Gasteiger charge is 2.44. The summed E-state index contributed by atoms with van der Waals surface area (Å²) in [5, 5.41) is 8.80. The van der Waals surface area contributed by atoms with Gasteiger partial charge in [-0.3, -0.25) is 14.2 Å². The van der Waals surface area contributed by atoms with Crippen molar-refractivity contribution in [2.45, 2.75) is 37.9 Å². The van der Waals surface area contributed by atoms with Gasteiger partial charge in [0.25, 0.3) is 0 Å². The Bertz CT molecular complexity index is 709. The van der Waals surface area contributed by atoms with E-state index < -0.39 is 0 Å². The Labute approximate surface area is 146 Å². The van der Waals surface area contributed by atoms with E-state index in [1.807, 2.05) is 0 Å². The standard InChI is InChI=1S/C17H23N5O3/c1-3-4-6-14(23)21-13-11-12(15(13)18-2)16(24)19-8-10-22-9-5-7-20-17(22)25/h1,5,7,9,12-13,15,18H,4,6,8,10-11H2,2H3,(H,19,24)(H,21,23). The normalized spacial score (nSPS) is 21.7. The maximum Gasteiger partial charge on any atom is 0.347 e. The minimum atomic E-state index is -0.344. The molecule has 1 aromatic heterocycles. The predicted molar refractivity (Wildman–Crippen MR) is 92.5 cm³/mol. The number of hydrogen-bond donors (Lipinski definition) is 3. The van der Waals surface area contributed by atoms with E-state index in [4.69, 9.17) is 6.42 Å². The van der Waals surface area contributed by atoms with Gasteiger partial charge in [-0.25, -0.2) is 9.78 Å². The summed E-state index contributed by atoms with van der Waals surface area (Å²) in [6.07, 6.45) is 9.48. The third-order valence-corrected chi connectivity index (χ3v) is 4.32. The number of terminal acetylenes is 1. The molecule has 0 aromatic carbocycles. The lowest BCUT2D eigenvalue weighted by molar-refractivity contribution is -0.132. The van der Waals surface area contributed by atoms with Crippen LogP contribution in [0, 0.1) is 18.3 Å². The molecular weight excluding hydrogens is 322 g/mol. The van der Waals surface area contributed by atoms with Gasteiger partial charge in [0.1, 0.15) is 0 Å². The lowest BCUT2D eigenvalue weighted by Crippen LogP contribution is -2.65. The van der Waals surface area contributed by atoms with Crippen LogP contribution in [-0.4, -0.2) is 47.0 Å². The van der Waals surface area contributed by atoms with Crippen molar-refractivity contribution in [2.75, 3.05) is 13.6 Å². The Morgan fingerprint density at radius 1 is 1.48 bits per heavy atom. The molecule has 3 N–H and O–H groups in total. The highest BCUT2D eigenvalue weighted by atomic mass is 16.2. The van der Waals surface area contributed by atoms with Crippen molar-refractivity contribution in [2.24, 2.45) is 5.92 Å². The minimum Gasteiger partial charge on any atom is -0.354 e. The number of amides is 2. The van der Waals surface area contributed by atoms with Crippen LogP contribution in [0.15, 0.2) is 23.3 Å². The van der Waals surface area contributed by atoms with Crippen LogP contribution in [0.1, 0.15) is 19.3 Å². The molecule has 8 heteroatoms. The van der Waals surface area contributed by atoms with E-state index in [0.29, 0.717) is 32.4 Å². The van der Waals surface area contributed by atoms with Gasteiger partial charge in [0.2, 0.25) is 11.8 Å². The molecule has 2 rings (SSSR count). The highest BCUT2D eigenvalue weighted by Crippen LogP contribution is 2.28. The first kappa shape index (κ1) is 18.7. The van der Waals surface area contributed by atoms with Crippen molar-refractivity contribution in [1.29, 1.82) is 0 Å². The number of likely N-dealkylation sites (N-methyl/N-ethyl adjacent to an activating group) is 1. The van der Waals surface area contributed by atoms with Crippen LogP contribution >= 0.6 is 0 Å². The average Bonchev–Trinajstić information content (AvgIpc) is 2.58. The van der Waals surface area contributed by atoms with Crippen molar-refractivity contribution in [3.63, 3.8) is 0 Å². The van der Waals surface area contributed by atoms with Gasteiger partial charge in [0, 0.05) is 50.4 Å². The van der Waals surface area contributed by atoms with Gasteiger partial charge in [0.15, 0.2) is 0 Å². The molecule has 25 heavy (non-hydrogen) atoms. The van der Waals surface area contributed by atoms with Crippen LogP contribution in [0.5, 0.6) is 0 Å². The van der Waals surface area contributed by atoms with Crippen LogP contribution in [-0.2, 0) is 16.1 Å². The molecule has 0 saturated heterocycles. The van der Waals surface area contributed by atoms with Crippen LogP contribution in [0.3, 0.4) is 0 Å². The molecule has 8 nitrogen and oxygen atoms in total. The second kappa shape index (κ2) is 8.99. The lowest BCUT2D eigenvalue weighted by Gasteiger charge is -2.43. The van der Waals surface area contributed by atoms with Gasteiger partial charge >= 0.3 is 5.69 Å². The molecule has 1 aliphatic rings. The fourth-order valence-electron chi connectivity index (χ4n) is 2.93. The fourth-order valence-corrected chi connectivity index (χ4v) is 2.93. The molecule has 1 fully saturated rings. The summed E-state index contributed by atoms with van der Waals surface area (Å²) in [5.74, 6) is 2.03. The first-order chi connectivity index (χ1) is 12.1. The molecule has 1 saturated carbocycles. The number of carbonyl (C=O) groups is 2. The summed E-state index contributed by atoms with van der Waals surface area (Å²) < 4.78 is 1.44. The molecule has 0 spiro atoms. The van der Waals surface area contributed by atoms with Crippen LogP contribution in [0.2, 0.25) is 0 Å². The summed E-state index contributed by atoms with van der Waals surface area (Å²) in [7, 11) is 1.76. The predicted octanol–water partition coefficient (Wildman–Crippen LogP) is -1.13. The molecule has 3 unspecified atom stereocenters. The third-order valence-electron chi connectivity index (χ3n) is 4.32. The number of nitrogens with one attached hydrogen (secondary N) is 3. The smallest absolute Gasteiger partial charge is 0.347 e. The molecule has 1 aromatic rings. The molecule has 0 radical (unpaired) electrons. The number of aromatic nitrogens is 2. The third kappa shape index (κ3) is 4.90. The van der Waals surface area contributed by atoms with Gasteiger partial charge in [-0.05, 0) is 19.5 Å². The number of rotatable bonds is 8. The van der Waals surface area contributed by atoms with Gasteiger partial charge in [-0.1, -0.05) is 0 Å². The van der Waals surface area contributed by atoms with Gasteiger partial charge in [0.05, 0.1) is 5.92 Å². The Morgan fingerprint density at radius 2 is 2.28 bits per heavy atom. The molecule has 1 aliphatic carbocycles. The van der Waals surface area contributed by atoms with E-state index in [0.717, 1.165) is 0 Å². The van der Waals surface area contributed by atoms with Crippen molar-refractivity contribution >= 4 is 11.8 Å². The van der Waals surface area contributed by atoms with E-state index in [1.54, 1.807) is 19.3 Å². The lowest BCUT2D eigenvalue weighted by atomic mass is 9.74. The average molecular weight is 345 g/mol. The van der Waals surface area contributed by atoms with Crippen molar-refractivity contribution in [3.05, 3.63) is 28.9 Å². The molecule has 2 amide bonds. The fraction of sp³-hybridized carbons (Fsp3) is 0.529. The molecule has 3 atom stereocenters. The summed E-state index contributed by atoms with van der Waals surface area (Å²) in [5.41, 5.74) is -0.344. The molecule has 1 heterocycles. The zero-order chi connectivity index (χ0) is 18.2. The minimum absolute atomic E-state index is 0.0769. The first-order valence-electron chi connectivity index (χ1n) is 8.26. The maximum absolute atomic E-state index is 12.3. The quantitative estimate of drug-likeness (QED) is 0.517. The second-order valence-corrected chi connectivity index (χ2v) is 5.92. The van der Waals surface area contributed by atoms with E-state index in [9.17, 15) is 14.4 Å². The summed E-state index contributed by atoms with van der Waals surface area (Å²) in [4.78, 5) is 39.2. The van der Waals surface area contributed by atoms with E-state index in [-0.39, 0.29) is 35.5 Å². The highest BCUT2D eigenvalue weighted by molar-refractivity contribution is 5.82. The Balaban J connectivity index is 1.77. The molecular formula is C17H23N5O3. The largest absolute Gasteiger partial charge is 0.354 e. The van der Waals surface area contributed by atoms with Gasteiger partial charge < -0.3 is 16.0 Å². The van der Waals surface area contributed by atoms with Crippen molar-refractivity contribution in [3.8, 4) is 12.3 Å². The summed E-state index contributed by atoms with van der Waals surface area (Å²) in [6.45, 7) is 0.707. The van der Waals surface area contributed by atoms with Crippen LogP contribution in [0.4, 0.5) is 0 Å². The van der Waals surface area contributed by atoms with Gasteiger partial charge in [-0.2, -0.15) is 0 Å². The zero-order valence-corrected chi connectivity index (χ0v) is 14.2. The zero-order valence-electron chi connectivity index (χ0n) is 14.2. The Hall–Kier alpha value is -2.66. The second-order valence-electron chi connectivity index (χ2n) is 5.92. The maximum atomic E-state index is 12.3. The summed E-state index contributed by atoms with van der Waals surface area (Å²) >= 11 is 0. The first-order valence-corrected chi connectivity index (χ1v) is 8.26. The number of nitrogens with zero attached hydrogens (tertiary/aromatic N) is 2. The summed E-state index contributed by atoms with van der Waals surface area (Å²) in [6, 6.07) is 1.47. The van der Waals surface area contributed by atoms with Gasteiger partial charge in [-0.15, -0.1) is 12.3 Å². The number of hydrogen-bond acceptors (Lipinski definition) is 5. The van der Waals surface area contributed by atoms with Crippen molar-refractivity contribution in [1.82, 2.24) is 25.5 Å². The SMILES string of the molecule is C#CCCC(=O)NC1CC(C(=O)NCCn2cccnc2=O)C1NC. The molecule has 134 valence electrons. The monoisotopic (exact) mass is 345 g/mol. The molecule has 0 aliphatic heterocycles. The Kier molecular flexibility index (Phi) is 6.71. The molecule has 0 bridgehead atoms. The van der Waals surface area contributed by atoms with E-state index >= 15 is 0 Å². The van der Waals surface area contributed by atoms with E-state index in [1.165, 1.54) is 10.8 Å². The Morgan fingerprint density at radius 3 is 2.96 bits per heavy atom.